The van der Waals surface area contributed by atoms with Gasteiger partial charge in [0.25, 0.3) is 5.56 Å². The van der Waals surface area contributed by atoms with Crippen LogP contribution < -0.4 is 10.3 Å². The fraction of sp³-hybridized carbons (Fsp3) is 0.136. The molecule has 0 N–H and O–H groups in total. The molecule has 0 unspecified atom stereocenters. The zero-order valence-corrected chi connectivity index (χ0v) is 17.8. The standard InChI is InChI=1S/C22H16ClN5O4/c1-3-32-21(30)19-26-28(15-6-4-5-14(23)11-15)22-25-18(17(12-24)20(29)27(19)22)13-7-9-16(31-2)10-8-13/h4-11H,3H2,1-2H3. The van der Waals surface area contributed by atoms with Crippen LogP contribution in [0.2, 0.25) is 5.02 Å². The summed E-state index contributed by atoms with van der Waals surface area (Å²) in [7, 11) is 1.53. The molecule has 0 fully saturated rings. The van der Waals surface area contributed by atoms with Gasteiger partial charge in [-0.3, -0.25) is 4.79 Å². The number of halogens is 1. The maximum atomic E-state index is 13.3. The summed E-state index contributed by atoms with van der Waals surface area (Å²) in [5.41, 5.74) is 0.184. The van der Waals surface area contributed by atoms with Crippen LogP contribution in [0.3, 0.4) is 0 Å². The van der Waals surface area contributed by atoms with Crippen molar-refractivity contribution in [1.82, 2.24) is 19.2 Å². The largest absolute Gasteiger partial charge is 0.497 e. The van der Waals surface area contributed by atoms with Crippen molar-refractivity contribution in [1.29, 1.82) is 5.26 Å². The lowest BCUT2D eigenvalue weighted by Crippen LogP contribution is -2.23. The number of esters is 1. The van der Waals surface area contributed by atoms with Gasteiger partial charge in [0.2, 0.25) is 11.6 Å². The molecule has 0 aliphatic heterocycles. The molecule has 2 heterocycles. The number of benzene rings is 2. The first-order chi connectivity index (χ1) is 15.5. The van der Waals surface area contributed by atoms with Crippen molar-refractivity contribution in [2.45, 2.75) is 6.92 Å². The molecule has 160 valence electrons. The van der Waals surface area contributed by atoms with Gasteiger partial charge in [0, 0.05) is 10.6 Å². The lowest BCUT2D eigenvalue weighted by Gasteiger charge is -2.07. The number of nitrogens with zero attached hydrogens (tertiary/aromatic N) is 5. The van der Waals surface area contributed by atoms with Gasteiger partial charge in [-0.2, -0.15) is 9.94 Å². The number of hydrogen-bond donors (Lipinski definition) is 0. The fourth-order valence-electron chi connectivity index (χ4n) is 3.19. The van der Waals surface area contributed by atoms with Gasteiger partial charge in [0.05, 0.1) is 25.1 Å². The highest BCUT2D eigenvalue weighted by atomic mass is 35.5. The summed E-state index contributed by atoms with van der Waals surface area (Å²) < 4.78 is 12.5. The monoisotopic (exact) mass is 449 g/mol. The van der Waals surface area contributed by atoms with Crippen LogP contribution in [0, 0.1) is 11.3 Å². The van der Waals surface area contributed by atoms with Crippen molar-refractivity contribution in [2.24, 2.45) is 0 Å². The average Bonchev–Trinajstić information content (AvgIpc) is 3.19. The lowest BCUT2D eigenvalue weighted by atomic mass is 10.1. The molecule has 4 rings (SSSR count). The number of ether oxygens (including phenoxy) is 2. The SMILES string of the molecule is CCOC(=O)c1nn(-c2cccc(Cl)c2)c2nc(-c3ccc(OC)cc3)c(C#N)c(=O)n12. The summed E-state index contributed by atoms with van der Waals surface area (Å²) >= 11 is 6.12. The third kappa shape index (κ3) is 3.57. The Labute approximate surface area is 187 Å². The molecular formula is C22H16ClN5O4. The van der Waals surface area contributed by atoms with Crippen LogP contribution in [-0.4, -0.2) is 38.9 Å². The molecule has 32 heavy (non-hydrogen) atoms. The average molecular weight is 450 g/mol. The fourth-order valence-corrected chi connectivity index (χ4v) is 3.38. The summed E-state index contributed by atoms with van der Waals surface area (Å²) in [6, 6.07) is 15.3. The van der Waals surface area contributed by atoms with Crippen molar-refractivity contribution < 1.29 is 14.3 Å². The van der Waals surface area contributed by atoms with E-state index in [0.717, 1.165) is 4.40 Å². The minimum atomic E-state index is -0.816. The van der Waals surface area contributed by atoms with Crippen LogP contribution in [-0.2, 0) is 4.74 Å². The van der Waals surface area contributed by atoms with Crippen molar-refractivity contribution in [3.63, 3.8) is 0 Å². The number of hydrogen-bond acceptors (Lipinski definition) is 7. The molecule has 0 saturated heterocycles. The van der Waals surface area contributed by atoms with Crippen LogP contribution in [0.25, 0.3) is 22.7 Å². The normalized spacial score (nSPS) is 10.7. The highest BCUT2D eigenvalue weighted by Crippen LogP contribution is 2.24. The van der Waals surface area contributed by atoms with E-state index in [1.165, 1.54) is 11.8 Å². The van der Waals surface area contributed by atoms with Gasteiger partial charge in [-0.25, -0.2) is 14.2 Å². The molecule has 0 aliphatic carbocycles. The first-order valence-corrected chi connectivity index (χ1v) is 9.89. The molecule has 0 spiro atoms. The number of rotatable bonds is 5. The Morgan fingerprint density at radius 1 is 1.22 bits per heavy atom. The molecule has 2 aromatic carbocycles. The first kappa shape index (κ1) is 21.1. The minimum absolute atomic E-state index is 0.0325. The van der Waals surface area contributed by atoms with Gasteiger partial charge in [-0.15, -0.1) is 5.10 Å². The van der Waals surface area contributed by atoms with Gasteiger partial charge < -0.3 is 9.47 Å². The molecule has 0 saturated carbocycles. The summed E-state index contributed by atoms with van der Waals surface area (Å²) in [4.78, 5) is 30.4. The van der Waals surface area contributed by atoms with Gasteiger partial charge in [-0.1, -0.05) is 17.7 Å². The van der Waals surface area contributed by atoms with Crippen LogP contribution in [0.15, 0.2) is 53.3 Å². The Hall–Kier alpha value is -4.16. The van der Waals surface area contributed by atoms with Gasteiger partial charge in [-0.05, 0) is 49.4 Å². The number of aromatic nitrogens is 4. The van der Waals surface area contributed by atoms with E-state index in [1.54, 1.807) is 55.5 Å². The highest BCUT2D eigenvalue weighted by Gasteiger charge is 2.25. The third-order valence-electron chi connectivity index (χ3n) is 4.65. The van der Waals surface area contributed by atoms with Crippen LogP contribution in [0.4, 0.5) is 0 Å². The number of carbonyl (C=O) groups is 1. The summed E-state index contributed by atoms with van der Waals surface area (Å²) in [5, 5.41) is 14.4. The van der Waals surface area contributed by atoms with E-state index < -0.39 is 11.5 Å². The zero-order chi connectivity index (χ0) is 22.8. The number of carbonyl (C=O) groups excluding carboxylic acids is 1. The van der Waals surface area contributed by atoms with E-state index in [1.807, 2.05) is 6.07 Å². The van der Waals surface area contributed by atoms with E-state index in [0.29, 0.717) is 22.0 Å². The van der Waals surface area contributed by atoms with Crippen molar-refractivity contribution in [3.8, 4) is 28.8 Å². The van der Waals surface area contributed by atoms with Gasteiger partial charge >= 0.3 is 5.97 Å². The van der Waals surface area contributed by atoms with E-state index in [9.17, 15) is 14.9 Å². The Morgan fingerprint density at radius 2 is 1.97 bits per heavy atom. The predicted octanol–water partition coefficient (Wildman–Crippen LogP) is 3.26. The molecule has 0 amide bonds. The maximum Gasteiger partial charge on any atom is 0.376 e. The van der Waals surface area contributed by atoms with Crippen molar-refractivity contribution in [3.05, 3.63) is 75.3 Å². The summed E-state index contributed by atoms with van der Waals surface area (Å²) in [6.45, 7) is 1.72. The number of methoxy groups -OCH3 is 1. The van der Waals surface area contributed by atoms with E-state index in [2.05, 4.69) is 10.1 Å². The van der Waals surface area contributed by atoms with E-state index in [4.69, 9.17) is 21.1 Å². The van der Waals surface area contributed by atoms with Crippen LogP contribution in [0.5, 0.6) is 5.75 Å². The molecule has 0 bridgehead atoms. The molecule has 9 nitrogen and oxygen atoms in total. The Kier molecular flexibility index (Phi) is 5.62. The molecule has 4 aromatic rings. The van der Waals surface area contributed by atoms with Crippen molar-refractivity contribution >= 4 is 23.3 Å². The zero-order valence-electron chi connectivity index (χ0n) is 17.1. The quantitative estimate of drug-likeness (QED) is 0.430. The van der Waals surface area contributed by atoms with E-state index >= 15 is 0 Å². The summed E-state index contributed by atoms with van der Waals surface area (Å²) in [6.07, 6.45) is 0. The maximum absolute atomic E-state index is 13.3. The molecule has 0 radical (unpaired) electrons. The Bertz CT molecular complexity index is 1430. The lowest BCUT2D eigenvalue weighted by molar-refractivity contribution is 0.0509. The van der Waals surface area contributed by atoms with Crippen molar-refractivity contribution in [2.75, 3.05) is 13.7 Å². The highest BCUT2D eigenvalue weighted by molar-refractivity contribution is 6.30. The van der Waals surface area contributed by atoms with Gasteiger partial charge in [0.1, 0.15) is 17.4 Å². The third-order valence-corrected chi connectivity index (χ3v) is 4.88. The Balaban J connectivity index is 2.08. The number of nitriles is 1. The summed E-state index contributed by atoms with van der Waals surface area (Å²) in [5.74, 6) is -0.468. The molecule has 10 heteroatoms. The molecule has 2 aromatic heterocycles. The van der Waals surface area contributed by atoms with Crippen LogP contribution >= 0.6 is 11.6 Å². The Morgan fingerprint density at radius 3 is 2.59 bits per heavy atom. The van der Waals surface area contributed by atoms with E-state index in [-0.39, 0.29) is 29.5 Å². The molecule has 0 atom stereocenters. The predicted molar refractivity (Wildman–Crippen MR) is 116 cm³/mol. The van der Waals surface area contributed by atoms with Crippen LogP contribution in [0.1, 0.15) is 23.1 Å². The second kappa shape index (κ2) is 8.53. The minimum Gasteiger partial charge on any atom is -0.497 e. The second-order valence-electron chi connectivity index (χ2n) is 6.55. The second-order valence-corrected chi connectivity index (χ2v) is 6.99. The number of fused-ring (bicyclic) bond motifs is 1. The molecular weight excluding hydrogens is 434 g/mol. The topological polar surface area (TPSA) is 112 Å². The molecule has 0 aliphatic rings. The first-order valence-electron chi connectivity index (χ1n) is 9.51. The van der Waals surface area contributed by atoms with Gasteiger partial charge in [0.15, 0.2) is 0 Å². The smallest absolute Gasteiger partial charge is 0.376 e.